The summed E-state index contributed by atoms with van der Waals surface area (Å²) in [5, 5.41) is 0. The fourth-order valence-electron chi connectivity index (χ4n) is 3.31. The van der Waals surface area contributed by atoms with Gasteiger partial charge in [0.1, 0.15) is 12.4 Å². The van der Waals surface area contributed by atoms with Gasteiger partial charge in [-0.3, -0.25) is 4.79 Å². The molecule has 0 radical (unpaired) electrons. The average molecular weight is 394 g/mol. The van der Waals surface area contributed by atoms with Crippen LogP contribution in [0, 0.1) is 18.3 Å². The van der Waals surface area contributed by atoms with Gasteiger partial charge in [-0.25, -0.2) is 14.2 Å². The van der Waals surface area contributed by atoms with Crippen LogP contribution in [0.15, 0.2) is 42.5 Å². The lowest BCUT2D eigenvalue weighted by atomic mass is 9.86. The summed E-state index contributed by atoms with van der Waals surface area (Å²) in [5.74, 6) is 0.126. The molecule has 1 heterocycles. The third-order valence-corrected chi connectivity index (χ3v) is 4.87. The van der Waals surface area contributed by atoms with E-state index in [4.69, 9.17) is 16.0 Å². The molecule has 0 saturated heterocycles. The number of ether oxygens (including phenoxy) is 2. The zero-order chi connectivity index (χ0) is 20.6. The Morgan fingerprint density at radius 3 is 2.90 bits per heavy atom. The van der Waals surface area contributed by atoms with E-state index in [0.29, 0.717) is 30.4 Å². The van der Waals surface area contributed by atoms with Gasteiger partial charge in [0, 0.05) is 18.1 Å². The van der Waals surface area contributed by atoms with Crippen molar-refractivity contribution in [3.05, 3.63) is 71.0 Å². The molecule has 2 aromatic rings. The number of pyridine rings is 1. The molecule has 1 unspecified atom stereocenters. The molecule has 29 heavy (non-hydrogen) atoms. The minimum Gasteiger partial charge on any atom is -0.473 e. The Bertz CT molecular complexity index is 949. The van der Waals surface area contributed by atoms with Crippen LogP contribution in [-0.4, -0.2) is 17.6 Å². The summed E-state index contributed by atoms with van der Waals surface area (Å²) in [6, 6.07) is 9.85. The molecular formula is C23H23FN2O3. The van der Waals surface area contributed by atoms with Crippen molar-refractivity contribution in [2.75, 3.05) is 6.61 Å². The third-order valence-electron chi connectivity index (χ3n) is 4.87. The third kappa shape index (κ3) is 5.64. The SMILES string of the molecule is [C-]#[N+]c1ccc(COc2cccc(C3=CCC(CC(=O)OCC)CC3)n2)c(F)c1. The predicted octanol–water partition coefficient (Wildman–Crippen LogP) is 5.49. The zero-order valence-corrected chi connectivity index (χ0v) is 16.4. The van der Waals surface area contributed by atoms with Gasteiger partial charge in [-0.2, -0.15) is 0 Å². The Morgan fingerprint density at radius 2 is 2.21 bits per heavy atom. The second-order valence-corrected chi connectivity index (χ2v) is 6.92. The van der Waals surface area contributed by atoms with Gasteiger partial charge in [0.15, 0.2) is 5.69 Å². The van der Waals surface area contributed by atoms with Crippen LogP contribution in [0.2, 0.25) is 0 Å². The lowest BCUT2D eigenvalue weighted by Gasteiger charge is -2.21. The van der Waals surface area contributed by atoms with E-state index in [2.05, 4.69) is 15.9 Å². The van der Waals surface area contributed by atoms with Crippen molar-refractivity contribution in [1.29, 1.82) is 0 Å². The van der Waals surface area contributed by atoms with E-state index < -0.39 is 5.82 Å². The molecule has 0 fully saturated rings. The van der Waals surface area contributed by atoms with Gasteiger partial charge < -0.3 is 9.47 Å². The molecule has 1 aliphatic rings. The second-order valence-electron chi connectivity index (χ2n) is 6.92. The first kappa shape index (κ1) is 20.5. The van der Waals surface area contributed by atoms with Crippen molar-refractivity contribution < 1.29 is 18.7 Å². The van der Waals surface area contributed by atoms with Crippen LogP contribution in [0.25, 0.3) is 10.4 Å². The van der Waals surface area contributed by atoms with Crippen molar-refractivity contribution >= 4 is 17.2 Å². The van der Waals surface area contributed by atoms with Gasteiger partial charge in [0.2, 0.25) is 5.88 Å². The van der Waals surface area contributed by atoms with Gasteiger partial charge in [-0.1, -0.05) is 24.3 Å². The highest BCUT2D eigenvalue weighted by atomic mass is 19.1. The fraction of sp³-hybridized carbons (Fsp3) is 0.348. The minimum absolute atomic E-state index is 0.0429. The quantitative estimate of drug-likeness (QED) is 0.460. The number of nitrogens with zero attached hydrogens (tertiary/aromatic N) is 2. The maximum atomic E-state index is 14.0. The molecule has 5 nitrogen and oxygen atoms in total. The van der Waals surface area contributed by atoms with Gasteiger partial charge in [-0.05, 0) is 49.8 Å². The van der Waals surface area contributed by atoms with E-state index in [-0.39, 0.29) is 18.3 Å². The van der Waals surface area contributed by atoms with Crippen LogP contribution in [0.1, 0.15) is 43.9 Å². The van der Waals surface area contributed by atoms with E-state index in [1.165, 1.54) is 6.07 Å². The zero-order valence-electron chi connectivity index (χ0n) is 16.4. The number of hydrogen-bond donors (Lipinski definition) is 0. The summed E-state index contributed by atoms with van der Waals surface area (Å²) in [6.07, 6.45) is 5.15. The lowest BCUT2D eigenvalue weighted by Crippen LogP contribution is -2.14. The second kappa shape index (κ2) is 9.83. The highest BCUT2D eigenvalue weighted by Crippen LogP contribution is 2.32. The number of esters is 1. The summed E-state index contributed by atoms with van der Waals surface area (Å²) in [7, 11) is 0. The molecule has 1 aromatic carbocycles. The normalized spacial score (nSPS) is 15.9. The molecule has 0 bridgehead atoms. The molecule has 150 valence electrons. The Balaban J connectivity index is 1.61. The van der Waals surface area contributed by atoms with Crippen molar-refractivity contribution in [2.45, 2.75) is 39.2 Å². The largest absolute Gasteiger partial charge is 0.473 e. The number of hydrogen-bond acceptors (Lipinski definition) is 4. The average Bonchev–Trinajstić information content (AvgIpc) is 2.73. The number of rotatable bonds is 7. The summed E-state index contributed by atoms with van der Waals surface area (Å²) in [6.45, 7) is 9.19. The molecule has 1 aliphatic carbocycles. The van der Waals surface area contributed by atoms with Crippen LogP contribution in [0.5, 0.6) is 5.88 Å². The van der Waals surface area contributed by atoms with E-state index in [0.717, 1.165) is 30.5 Å². The monoisotopic (exact) mass is 394 g/mol. The molecule has 0 N–H and O–H groups in total. The first-order chi connectivity index (χ1) is 14.1. The van der Waals surface area contributed by atoms with Crippen LogP contribution in [-0.2, 0) is 16.1 Å². The Morgan fingerprint density at radius 1 is 1.34 bits per heavy atom. The van der Waals surface area contributed by atoms with Crippen LogP contribution in [0.4, 0.5) is 10.1 Å². The summed E-state index contributed by atoms with van der Waals surface area (Å²) >= 11 is 0. The van der Waals surface area contributed by atoms with E-state index >= 15 is 0 Å². The molecule has 1 aromatic heterocycles. The summed E-state index contributed by atoms with van der Waals surface area (Å²) in [5.41, 5.74) is 2.60. The van der Waals surface area contributed by atoms with Crippen molar-refractivity contribution in [1.82, 2.24) is 4.98 Å². The van der Waals surface area contributed by atoms with Gasteiger partial charge in [0.25, 0.3) is 0 Å². The van der Waals surface area contributed by atoms with Crippen molar-refractivity contribution in [2.24, 2.45) is 5.92 Å². The maximum Gasteiger partial charge on any atom is 0.306 e. The summed E-state index contributed by atoms with van der Waals surface area (Å²) in [4.78, 5) is 19.4. The minimum atomic E-state index is -0.461. The summed E-state index contributed by atoms with van der Waals surface area (Å²) < 4.78 is 24.7. The number of carbonyl (C=O) groups is 1. The van der Waals surface area contributed by atoms with Gasteiger partial charge in [0.05, 0.1) is 18.9 Å². The van der Waals surface area contributed by atoms with Crippen LogP contribution >= 0.6 is 0 Å². The van der Waals surface area contributed by atoms with Gasteiger partial charge >= 0.3 is 5.97 Å². The standard InChI is InChI=1S/C23H23FN2O3/c1-3-28-23(27)13-16-7-9-17(10-8-16)21-5-4-6-22(26-21)29-15-18-11-12-19(25-2)14-20(18)24/h4-6,9,11-12,14,16H,3,7-8,10,13,15H2,1H3. The molecule has 0 saturated carbocycles. The number of halogens is 1. The van der Waals surface area contributed by atoms with Crippen molar-refractivity contribution in [3.63, 3.8) is 0 Å². The lowest BCUT2D eigenvalue weighted by molar-refractivity contribution is -0.144. The smallest absolute Gasteiger partial charge is 0.306 e. The Hall–Kier alpha value is -3.20. The molecule has 0 spiro atoms. The fourth-order valence-corrected chi connectivity index (χ4v) is 3.31. The predicted molar refractivity (Wildman–Crippen MR) is 108 cm³/mol. The number of allylic oxidation sites excluding steroid dienone is 2. The Labute approximate surface area is 170 Å². The van der Waals surface area contributed by atoms with Crippen LogP contribution < -0.4 is 4.74 Å². The molecule has 1 atom stereocenters. The molecule has 6 heteroatoms. The maximum absolute atomic E-state index is 14.0. The number of carbonyl (C=O) groups excluding carboxylic acids is 1. The highest BCUT2D eigenvalue weighted by Gasteiger charge is 2.19. The number of benzene rings is 1. The van der Waals surface area contributed by atoms with E-state index in [1.807, 2.05) is 19.1 Å². The first-order valence-corrected chi connectivity index (χ1v) is 9.69. The Kier molecular flexibility index (Phi) is 6.96. The molecule has 0 amide bonds. The molecule has 0 aliphatic heterocycles. The van der Waals surface area contributed by atoms with E-state index in [9.17, 15) is 9.18 Å². The molecular weight excluding hydrogens is 371 g/mol. The molecule has 3 rings (SSSR count). The van der Waals surface area contributed by atoms with Crippen molar-refractivity contribution in [3.8, 4) is 5.88 Å². The topological polar surface area (TPSA) is 52.8 Å². The van der Waals surface area contributed by atoms with Crippen LogP contribution in [0.3, 0.4) is 0 Å². The number of aromatic nitrogens is 1. The van der Waals surface area contributed by atoms with E-state index in [1.54, 1.807) is 18.2 Å². The first-order valence-electron chi connectivity index (χ1n) is 9.69. The highest BCUT2D eigenvalue weighted by molar-refractivity contribution is 5.70. The van der Waals surface area contributed by atoms with Gasteiger partial charge in [-0.15, -0.1) is 0 Å².